The summed E-state index contributed by atoms with van der Waals surface area (Å²) in [5, 5.41) is 2.24. The number of para-hydroxylation sites is 1. The first-order valence-electron chi connectivity index (χ1n) is 15.1. The molecule has 0 aliphatic carbocycles. The van der Waals surface area contributed by atoms with Crippen molar-refractivity contribution in [2.24, 2.45) is 0 Å². The standard InChI is InChI=1S/C18H12NO.2C12H10N.Ir/c1-12-6-8-16(19-11-12)13-7-9-18-15(10-13)14-4-2-3-5-17(14)20-18;2*1-10-6-5-9-12(13-10)11-7-3-2-4-8-11;/h2-6,8-11H,1H3;2*2-7,9H,1H3;/q3*-1;+3. The largest absolute Gasteiger partial charge is 3.00 e. The van der Waals surface area contributed by atoms with Crippen LogP contribution in [0.25, 0.3) is 55.7 Å². The molecule has 0 spiro atoms. The van der Waals surface area contributed by atoms with Crippen molar-refractivity contribution < 1.29 is 24.5 Å². The van der Waals surface area contributed by atoms with E-state index in [4.69, 9.17) is 4.42 Å². The van der Waals surface area contributed by atoms with E-state index in [1.54, 1.807) is 0 Å². The zero-order chi connectivity index (χ0) is 31.7. The average Bonchev–Trinajstić information content (AvgIpc) is 3.48. The molecule has 0 radical (unpaired) electrons. The molecule has 230 valence electrons. The molecule has 8 rings (SSSR count). The molecule has 4 aromatic heterocycles. The Morgan fingerprint density at radius 2 is 1.13 bits per heavy atom. The van der Waals surface area contributed by atoms with Crippen molar-refractivity contribution >= 4 is 21.9 Å². The van der Waals surface area contributed by atoms with Gasteiger partial charge in [0.1, 0.15) is 5.58 Å². The van der Waals surface area contributed by atoms with Gasteiger partial charge >= 0.3 is 20.1 Å². The van der Waals surface area contributed by atoms with Gasteiger partial charge in [0.25, 0.3) is 0 Å². The normalized spacial score (nSPS) is 10.3. The summed E-state index contributed by atoms with van der Waals surface area (Å²) in [5.41, 5.74) is 11.0. The van der Waals surface area contributed by atoms with E-state index in [1.165, 1.54) is 0 Å². The third kappa shape index (κ3) is 8.53. The Morgan fingerprint density at radius 1 is 0.511 bits per heavy atom. The minimum atomic E-state index is 0. The third-order valence-corrected chi connectivity index (χ3v) is 7.24. The topological polar surface area (TPSA) is 51.8 Å². The molecule has 0 fully saturated rings. The second-order valence-electron chi connectivity index (χ2n) is 10.8. The van der Waals surface area contributed by atoms with Crippen LogP contribution in [0.4, 0.5) is 0 Å². The fourth-order valence-corrected chi connectivity index (χ4v) is 4.94. The number of aromatic nitrogens is 3. The third-order valence-electron chi connectivity index (χ3n) is 7.24. The van der Waals surface area contributed by atoms with Gasteiger partial charge in [-0.1, -0.05) is 60.0 Å². The van der Waals surface area contributed by atoms with Crippen molar-refractivity contribution in [2.75, 3.05) is 0 Å². The fraction of sp³-hybridized carbons (Fsp3) is 0.0714. The molecule has 0 N–H and O–H groups in total. The zero-order valence-corrected chi connectivity index (χ0v) is 28.8. The minimum absolute atomic E-state index is 0. The Morgan fingerprint density at radius 3 is 1.68 bits per heavy atom. The summed E-state index contributed by atoms with van der Waals surface area (Å²) in [6, 6.07) is 53.4. The molecule has 47 heavy (non-hydrogen) atoms. The summed E-state index contributed by atoms with van der Waals surface area (Å²) in [6.45, 7) is 6.02. The number of hydrogen-bond donors (Lipinski definition) is 0. The van der Waals surface area contributed by atoms with Crippen molar-refractivity contribution in [1.29, 1.82) is 0 Å². The van der Waals surface area contributed by atoms with E-state index in [1.807, 2.05) is 142 Å². The van der Waals surface area contributed by atoms with Crippen LogP contribution in [0.5, 0.6) is 0 Å². The van der Waals surface area contributed by atoms with Gasteiger partial charge < -0.3 is 19.4 Å². The minimum Gasteiger partial charge on any atom is -0.500 e. The van der Waals surface area contributed by atoms with Gasteiger partial charge in [-0.15, -0.1) is 95.6 Å². The van der Waals surface area contributed by atoms with Gasteiger partial charge in [-0.2, -0.15) is 0 Å². The van der Waals surface area contributed by atoms with E-state index in [-0.39, 0.29) is 20.1 Å². The summed E-state index contributed by atoms with van der Waals surface area (Å²) in [4.78, 5) is 13.3. The number of rotatable bonds is 3. The van der Waals surface area contributed by atoms with Gasteiger partial charge in [0.2, 0.25) is 0 Å². The molecule has 0 aliphatic rings. The summed E-state index contributed by atoms with van der Waals surface area (Å²) in [6.07, 6.45) is 1.88. The van der Waals surface area contributed by atoms with Crippen LogP contribution in [0.3, 0.4) is 0 Å². The molecular formula is C42H32IrN3O. The maximum Gasteiger partial charge on any atom is 3.00 e. The molecule has 0 unspecified atom stereocenters. The monoisotopic (exact) mass is 787 g/mol. The Balaban J connectivity index is 0.000000142. The smallest absolute Gasteiger partial charge is 0.500 e. The molecule has 0 amide bonds. The predicted molar refractivity (Wildman–Crippen MR) is 187 cm³/mol. The van der Waals surface area contributed by atoms with Gasteiger partial charge in [-0.25, -0.2) is 0 Å². The fourth-order valence-electron chi connectivity index (χ4n) is 4.94. The molecule has 4 nitrogen and oxygen atoms in total. The van der Waals surface area contributed by atoms with Crippen LogP contribution >= 0.6 is 0 Å². The number of aryl methyl sites for hydroxylation is 3. The SMILES string of the molecule is Cc1ccc(-c2[c-]cc3oc4ccccc4c3c2)nc1.Cc1cccc(-c2[c-]cccc2)n1.Cc1cccc(-c2[c-]cccc2)n1.[Ir+3]. The number of furan rings is 1. The molecule has 0 bridgehead atoms. The van der Waals surface area contributed by atoms with E-state index in [0.717, 1.165) is 72.7 Å². The van der Waals surface area contributed by atoms with Crippen molar-refractivity contribution in [3.8, 4) is 33.8 Å². The average molecular weight is 787 g/mol. The van der Waals surface area contributed by atoms with Crippen LogP contribution in [-0.4, -0.2) is 15.0 Å². The van der Waals surface area contributed by atoms with Crippen molar-refractivity contribution in [2.45, 2.75) is 20.8 Å². The Kier molecular flexibility index (Phi) is 11.2. The molecule has 0 atom stereocenters. The first-order chi connectivity index (χ1) is 22.5. The molecule has 5 heteroatoms. The van der Waals surface area contributed by atoms with Crippen LogP contribution in [0.2, 0.25) is 0 Å². The van der Waals surface area contributed by atoms with E-state index < -0.39 is 0 Å². The first-order valence-corrected chi connectivity index (χ1v) is 15.1. The Hall–Kier alpha value is -5.22. The van der Waals surface area contributed by atoms with E-state index >= 15 is 0 Å². The second kappa shape index (κ2) is 15.9. The van der Waals surface area contributed by atoms with Crippen molar-refractivity contribution in [3.05, 3.63) is 175 Å². The molecule has 0 saturated heterocycles. The van der Waals surface area contributed by atoms with E-state index in [2.05, 4.69) is 51.4 Å². The van der Waals surface area contributed by atoms with Gasteiger partial charge in [0, 0.05) is 23.0 Å². The van der Waals surface area contributed by atoms with Gasteiger partial charge in [0.15, 0.2) is 0 Å². The zero-order valence-electron chi connectivity index (χ0n) is 26.4. The number of nitrogens with zero attached hydrogens (tertiary/aromatic N) is 3. The summed E-state index contributed by atoms with van der Waals surface area (Å²) >= 11 is 0. The van der Waals surface area contributed by atoms with Crippen LogP contribution in [0, 0.1) is 39.0 Å². The second-order valence-corrected chi connectivity index (χ2v) is 10.8. The summed E-state index contributed by atoms with van der Waals surface area (Å²) < 4.78 is 5.81. The molecular weight excluding hydrogens is 755 g/mol. The summed E-state index contributed by atoms with van der Waals surface area (Å²) in [7, 11) is 0. The van der Waals surface area contributed by atoms with Crippen LogP contribution in [0.15, 0.2) is 144 Å². The maximum absolute atomic E-state index is 5.81. The van der Waals surface area contributed by atoms with Gasteiger partial charge in [0.05, 0.1) is 5.58 Å². The molecule has 8 aromatic rings. The van der Waals surface area contributed by atoms with Crippen molar-refractivity contribution in [3.63, 3.8) is 0 Å². The van der Waals surface area contributed by atoms with E-state index in [9.17, 15) is 0 Å². The molecule has 0 aliphatic heterocycles. The molecule has 4 aromatic carbocycles. The van der Waals surface area contributed by atoms with Crippen LogP contribution < -0.4 is 0 Å². The quantitative estimate of drug-likeness (QED) is 0.167. The Bertz CT molecular complexity index is 2100. The Labute approximate surface area is 289 Å². The molecule has 4 heterocycles. The number of benzene rings is 4. The van der Waals surface area contributed by atoms with Crippen molar-refractivity contribution in [1.82, 2.24) is 15.0 Å². The molecule has 0 saturated carbocycles. The van der Waals surface area contributed by atoms with E-state index in [0.29, 0.717) is 0 Å². The number of hydrogen-bond acceptors (Lipinski definition) is 4. The summed E-state index contributed by atoms with van der Waals surface area (Å²) in [5.74, 6) is 0. The van der Waals surface area contributed by atoms with Crippen LogP contribution in [0.1, 0.15) is 17.0 Å². The van der Waals surface area contributed by atoms with Crippen LogP contribution in [-0.2, 0) is 20.1 Å². The van der Waals surface area contributed by atoms with Gasteiger partial charge in [-0.05, 0) is 61.6 Å². The number of pyridine rings is 3. The van der Waals surface area contributed by atoms with Gasteiger partial charge in [-0.3, -0.25) is 0 Å². The first kappa shape index (κ1) is 33.2. The predicted octanol–water partition coefficient (Wildman–Crippen LogP) is 10.5. The number of fused-ring (bicyclic) bond motifs is 3. The maximum atomic E-state index is 5.81.